The van der Waals surface area contributed by atoms with Crippen molar-refractivity contribution in [3.63, 3.8) is 0 Å². The smallest absolute Gasteiger partial charge is 0.0213 e. The van der Waals surface area contributed by atoms with Gasteiger partial charge in [-0.1, -0.05) is 12.8 Å². The standard InChI is InChI=1S/C7H9/c1-3-6(2)7-4-5-7/h6-7H,4-5H2,2H3. The average Bonchev–Trinajstić information content (AvgIpc) is 2.44. The molecule has 0 amide bonds. The van der Waals surface area contributed by atoms with Crippen molar-refractivity contribution in [2.24, 2.45) is 11.8 Å². The minimum absolute atomic E-state index is 0.431. The number of rotatable bonds is 1. The van der Waals surface area contributed by atoms with Crippen LogP contribution in [0.3, 0.4) is 0 Å². The van der Waals surface area contributed by atoms with Gasteiger partial charge in [-0.3, -0.25) is 0 Å². The molecule has 1 fully saturated rings. The van der Waals surface area contributed by atoms with E-state index in [9.17, 15) is 0 Å². The summed E-state index contributed by atoms with van der Waals surface area (Å²) in [6, 6.07) is 0. The summed E-state index contributed by atoms with van der Waals surface area (Å²) in [4.78, 5) is 0. The monoisotopic (exact) mass is 93.1 g/mol. The molecule has 1 rings (SSSR count). The van der Waals surface area contributed by atoms with Gasteiger partial charge in [0.25, 0.3) is 0 Å². The molecule has 1 radical (unpaired) electrons. The van der Waals surface area contributed by atoms with Crippen LogP contribution in [0.1, 0.15) is 19.8 Å². The zero-order valence-corrected chi connectivity index (χ0v) is 4.57. The summed E-state index contributed by atoms with van der Waals surface area (Å²) < 4.78 is 0. The van der Waals surface area contributed by atoms with Gasteiger partial charge >= 0.3 is 0 Å². The van der Waals surface area contributed by atoms with Gasteiger partial charge in [0.1, 0.15) is 0 Å². The quantitative estimate of drug-likeness (QED) is 0.432. The molecule has 0 heterocycles. The third-order valence-corrected chi connectivity index (χ3v) is 1.56. The number of hydrogen-bond acceptors (Lipinski definition) is 0. The van der Waals surface area contributed by atoms with E-state index >= 15 is 0 Å². The lowest BCUT2D eigenvalue weighted by molar-refractivity contribution is 0.650. The molecule has 1 saturated carbocycles. The highest BCUT2D eigenvalue weighted by Crippen LogP contribution is 2.35. The van der Waals surface area contributed by atoms with E-state index in [1.54, 1.807) is 0 Å². The molecule has 0 aliphatic heterocycles. The molecule has 0 aromatic carbocycles. The van der Waals surface area contributed by atoms with Crippen LogP contribution < -0.4 is 0 Å². The third kappa shape index (κ3) is 0.962. The predicted molar refractivity (Wildman–Crippen MR) is 29.0 cm³/mol. The molecule has 0 N–H and O–H groups in total. The molecule has 1 aliphatic carbocycles. The zero-order chi connectivity index (χ0) is 5.28. The maximum atomic E-state index is 6.73. The highest BCUT2D eigenvalue weighted by Gasteiger charge is 2.26. The van der Waals surface area contributed by atoms with E-state index in [0.29, 0.717) is 5.92 Å². The lowest BCUT2D eigenvalue weighted by Gasteiger charge is -1.93. The van der Waals surface area contributed by atoms with Crippen LogP contribution in [0, 0.1) is 24.2 Å². The van der Waals surface area contributed by atoms with Crippen LogP contribution in [0.4, 0.5) is 0 Å². The topological polar surface area (TPSA) is 0 Å². The molecule has 7 heavy (non-hydrogen) atoms. The van der Waals surface area contributed by atoms with E-state index in [1.165, 1.54) is 12.8 Å². The lowest BCUT2D eigenvalue weighted by atomic mass is 10.1. The Bertz CT molecular complexity index is 93.1. The van der Waals surface area contributed by atoms with E-state index in [1.807, 2.05) is 0 Å². The molecule has 1 unspecified atom stereocenters. The molecule has 0 heteroatoms. The fourth-order valence-corrected chi connectivity index (χ4v) is 0.714. The number of hydrogen-bond donors (Lipinski definition) is 0. The second kappa shape index (κ2) is 1.58. The normalized spacial score (nSPS) is 23.4. The summed E-state index contributed by atoms with van der Waals surface area (Å²) in [5.41, 5.74) is 0. The molecular formula is C7H9. The van der Waals surface area contributed by atoms with Gasteiger partial charge in [0.2, 0.25) is 0 Å². The van der Waals surface area contributed by atoms with Gasteiger partial charge < -0.3 is 0 Å². The van der Waals surface area contributed by atoms with Crippen molar-refractivity contribution in [3.8, 4) is 5.92 Å². The van der Waals surface area contributed by atoms with E-state index in [2.05, 4.69) is 12.8 Å². The summed E-state index contributed by atoms with van der Waals surface area (Å²) in [6.45, 7) is 2.06. The van der Waals surface area contributed by atoms with E-state index in [4.69, 9.17) is 6.42 Å². The van der Waals surface area contributed by atoms with Crippen LogP contribution in [0.25, 0.3) is 0 Å². The SMILES string of the molecule is [C]#CC(C)C1CC1. The summed E-state index contributed by atoms with van der Waals surface area (Å²) in [5.74, 6) is 3.72. The van der Waals surface area contributed by atoms with Crippen molar-refractivity contribution >= 4 is 0 Å². The Morgan fingerprint density at radius 2 is 2.29 bits per heavy atom. The molecule has 0 nitrogen and oxygen atoms in total. The molecule has 0 bridgehead atoms. The van der Waals surface area contributed by atoms with Crippen molar-refractivity contribution in [3.05, 3.63) is 6.42 Å². The molecule has 0 spiro atoms. The summed E-state index contributed by atoms with van der Waals surface area (Å²) in [6.07, 6.45) is 9.38. The van der Waals surface area contributed by atoms with Crippen molar-refractivity contribution < 1.29 is 0 Å². The fraction of sp³-hybridized carbons (Fsp3) is 0.714. The Morgan fingerprint density at radius 1 is 1.71 bits per heavy atom. The van der Waals surface area contributed by atoms with Gasteiger partial charge in [-0.15, -0.1) is 0 Å². The van der Waals surface area contributed by atoms with Gasteiger partial charge in [0.05, 0.1) is 0 Å². The molecule has 1 atom stereocenters. The Kier molecular flexibility index (Phi) is 1.06. The van der Waals surface area contributed by atoms with Crippen LogP contribution in [0.2, 0.25) is 0 Å². The van der Waals surface area contributed by atoms with Gasteiger partial charge in [-0.2, -0.15) is 0 Å². The van der Waals surface area contributed by atoms with Gasteiger partial charge in [0.15, 0.2) is 0 Å². The highest BCUT2D eigenvalue weighted by atomic mass is 14.3. The first-order chi connectivity index (χ1) is 3.34. The van der Waals surface area contributed by atoms with Gasteiger partial charge in [-0.05, 0) is 25.2 Å². The molecule has 37 valence electrons. The minimum Gasteiger partial charge on any atom is -0.0857 e. The lowest BCUT2D eigenvalue weighted by Crippen LogP contribution is -1.89. The maximum absolute atomic E-state index is 6.73. The van der Waals surface area contributed by atoms with E-state index in [-0.39, 0.29) is 0 Å². The van der Waals surface area contributed by atoms with Crippen molar-refractivity contribution in [1.29, 1.82) is 0 Å². The van der Waals surface area contributed by atoms with Crippen LogP contribution in [0.15, 0.2) is 0 Å². The summed E-state index contributed by atoms with van der Waals surface area (Å²) in [5, 5.41) is 0. The van der Waals surface area contributed by atoms with Crippen molar-refractivity contribution in [2.45, 2.75) is 19.8 Å². The predicted octanol–water partition coefficient (Wildman–Crippen LogP) is 1.62. The Hall–Kier alpha value is -0.440. The summed E-state index contributed by atoms with van der Waals surface area (Å²) in [7, 11) is 0. The molecule has 0 saturated heterocycles. The Balaban J connectivity index is 2.27. The van der Waals surface area contributed by atoms with Crippen LogP contribution in [-0.4, -0.2) is 0 Å². The van der Waals surface area contributed by atoms with Crippen LogP contribution in [-0.2, 0) is 0 Å². The average molecular weight is 93.1 g/mol. The Morgan fingerprint density at radius 3 is 2.43 bits per heavy atom. The van der Waals surface area contributed by atoms with Crippen molar-refractivity contribution in [1.82, 2.24) is 0 Å². The summed E-state index contributed by atoms with van der Waals surface area (Å²) >= 11 is 0. The largest absolute Gasteiger partial charge is 0.0857 e. The maximum Gasteiger partial charge on any atom is 0.0213 e. The zero-order valence-electron chi connectivity index (χ0n) is 4.57. The van der Waals surface area contributed by atoms with Crippen molar-refractivity contribution in [2.75, 3.05) is 0 Å². The fourth-order valence-electron chi connectivity index (χ4n) is 0.714. The Labute approximate surface area is 44.9 Å². The van der Waals surface area contributed by atoms with Gasteiger partial charge in [-0.25, -0.2) is 0 Å². The van der Waals surface area contributed by atoms with Gasteiger partial charge in [0, 0.05) is 5.92 Å². The second-order valence-corrected chi connectivity index (χ2v) is 2.27. The van der Waals surface area contributed by atoms with E-state index in [0.717, 1.165) is 5.92 Å². The molecule has 0 aromatic heterocycles. The third-order valence-electron chi connectivity index (χ3n) is 1.56. The molecular weight excluding hydrogens is 84.1 g/mol. The highest BCUT2D eigenvalue weighted by molar-refractivity contribution is 4.94. The van der Waals surface area contributed by atoms with E-state index < -0.39 is 0 Å². The van der Waals surface area contributed by atoms with Crippen LogP contribution >= 0.6 is 0 Å². The minimum atomic E-state index is 0.431. The first kappa shape index (κ1) is 4.71. The second-order valence-electron chi connectivity index (χ2n) is 2.27. The molecule has 1 aliphatic rings. The first-order valence-electron chi connectivity index (χ1n) is 2.77. The first-order valence-corrected chi connectivity index (χ1v) is 2.77. The molecule has 0 aromatic rings. The van der Waals surface area contributed by atoms with Crippen LogP contribution in [0.5, 0.6) is 0 Å².